The number of allylic oxidation sites excluding steroid dienone is 4. The normalized spacial score (nSPS) is 12.9. The molecule has 0 fully saturated rings. The number of hydrogen-bond acceptors (Lipinski definition) is 0. The third kappa shape index (κ3) is 9.76. The van der Waals surface area contributed by atoms with Crippen LogP contribution < -0.4 is 24.8 Å². The van der Waals surface area contributed by atoms with Gasteiger partial charge in [0.25, 0.3) is 0 Å². The first-order chi connectivity index (χ1) is 8.68. The van der Waals surface area contributed by atoms with Crippen LogP contribution in [0.4, 0.5) is 0 Å². The topological polar surface area (TPSA) is 23.8 Å². The fraction of sp³-hybridized carbons (Fsp3) is 0.389. The number of hydrogen-bond donors (Lipinski definition) is 0. The second-order valence-corrected chi connectivity index (χ2v) is 6.24. The maximum absolute atomic E-state index is 6.94. The van der Waals surface area contributed by atoms with Gasteiger partial charge in [0.15, 0.2) is 0 Å². The van der Waals surface area contributed by atoms with Crippen LogP contribution in [0.3, 0.4) is 0 Å². The summed E-state index contributed by atoms with van der Waals surface area (Å²) in [5.41, 5.74) is 13.4. The molecule has 1 N–H and O–H groups in total. The van der Waals surface area contributed by atoms with E-state index in [1.807, 2.05) is 26.8 Å². The number of halogens is 2. The molecule has 1 aliphatic carbocycles. The van der Waals surface area contributed by atoms with Crippen molar-refractivity contribution < 1.29 is 46.5 Å². The Labute approximate surface area is 163 Å². The monoisotopic (exact) mass is 373 g/mol. The van der Waals surface area contributed by atoms with Gasteiger partial charge in [0, 0.05) is 0 Å². The van der Waals surface area contributed by atoms with Crippen LogP contribution in [0.25, 0.3) is 11.3 Å². The summed E-state index contributed by atoms with van der Waals surface area (Å²) in [5.74, 6) is 0. The van der Waals surface area contributed by atoms with Crippen molar-refractivity contribution in [3.63, 3.8) is 0 Å². The molecule has 1 aromatic carbocycles. The molecule has 0 bridgehead atoms. The van der Waals surface area contributed by atoms with E-state index in [1.165, 1.54) is 22.3 Å². The Morgan fingerprint density at radius 3 is 1.86 bits per heavy atom. The van der Waals surface area contributed by atoms with E-state index < -0.39 is 0 Å². The summed E-state index contributed by atoms with van der Waals surface area (Å²) in [6.07, 6.45) is 3.35. The first-order valence-electron chi connectivity index (χ1n) is 6.72. The Kier molecular flexibility index (Phi) is 13.8. The molecular formula is C18H25Cl2NTi-2. The van der Waals surface area contributed by atoms with E-state index in [1.54, 1.807) is 0 Å². The van der Waals surface area contributed by atoms with Gasteiger partial charge >= 0.3 is 21.7 Å². The molecule has 1 aromatic rings. The molecule has 0 radical (unpaired) electrons. The molecule has 0 aromatic heterocycles. The molecule has 2 rings (SSSR count). The summed E-state index contributed by atoms with van der Waals surface area (Å²) in [6, 6.07) is 8.35. The van der Waals surface area contributed by atoms with Crippen LogP contribution in [0.5, 0.6) is 0 Å². The molecule has 0 saturated heterocycles. The molecule has 22 heavy (non-hydrogen) atoms. The molecule has 0 saturated carbocycles. The van der Waals surface area contributed by atoms with Gasteiger partial charge in [0.1, 0.15) is 0 Å². The first kappa shape index (κ1) is 26.7. The maximum Gasteiger partial charge on any atom is 2.00 e. The van der Waals surface area contributed by atoms with Crippen molar-refractivity contribution >= 4 is 5.57 Å². The molecule has 0 unspecified atom stereocenters. The van der Waals surface area contributed by atoms with Crippen molar-refractivity contribution in [3.05, 3.63) is 65.3 Å². The zero-order valence-corrected chi connectivity index (χ0v) is 17.1. The van der Waals surface area contributed by atoms with Crippen LogP contribution in [0, 0.1) is 6.92 Å². The van der Waals surface area contributed by atoms with Crippen molar-refractivity contribution in [1.29, 1.82) is 0 Å². The van der Waals surface area contributed by atoms with Gasteiger partial charge in [-0.05, 0) is 20.3 Å². The Morgan fingerprint density at radius 2 is 1.50 bits per heavy atom. The second kappa shape index (κ2) is 11.4. The quantitative estimate of drug-likeness (QED) is 0.482. The average Bonchev–Trinajstić information content (AvgIpc) is 2.56. The SMILES string of the molecule is CC(C)(C)[NH-].[CH2-]c1ccccc1C1=C(C)C=C(C)C1.[Cl-].[Cl-].[Ti+2]. The van der Waals surface area contributed by atoms with Crippen molar-refractivity contribution in [3.8, 4) is 0 Å². The van der Waals surface area contributed by atoms with E-state index in [9.17, 15) is 0 Å². The smallest absolute Gasteiger partial charge is 1.00 e. The molecular weight excluding hydrogens is 349 g/mol. The van der Waals surface area contributed by atoms with Gasteiger partial charge in [0.2, 0.25) is 0 Å². The van der Waals surface area contributed by atoms with Crippen LogP contribution in [-0.2, 0) is 21.7 Å². The van der Waals surface area contributed by atoms with Crippen LogP contribution in [0.15, 0.2) is 41.5 Å². The molecule has 4 heteroatoms. The Hall–Kier alpha value is -0.176. The largest absolute Gasteiger partial charge is 2.00 e. The second-order valence-electron chi connectivity index (χ2n) is 6.24. The van der Waals surface area contributed by atoms with Crippen molar-refractivity contribution in [2.24, 2.45) is 0 Å². The maximum atomic E-state index is 6.94. The summed E-state index contributed by atoms with van der Waals surface area (Å²) in [5, 5.41) is 0. The molecule has 1 aliphatic rings. The summed E-state index contributed by atoms with van der Waals surface area (Å²) >= 11 is 0. The van der Waals surface area contributed by atoms with Gasteiger partial charge in [-0.3, -0.25) is 0 Å². The minimum Gasteiger partial charge on any atom is -1.00 e. The Bertz CT molecular complexity index is 508. The molecule has 0 atom stereocenters. The molecule has 0 amide bonds. The predicted molar refractivity (Wildman–Crippen MR) is 85.9 cm³/mol. The van der Waals surface area contributed by atoms with Gasteiger partial charge < -0.3 is 30.5 Å². The van der Waals surface area contributed by atoms with E-state index >= 15 is 0 Å². The molecule has 122 valence electrons. The van der Waals surface area contributed by atoms with Gasteiger partial charge in [-0.25, -0.2) is 0 Å². The standard InChI is InChI=1S/C14H15.C4H10N.2ClH.Ti/c1-10-8-12(3)14(9-10)13-7-5-4-6-11(13)2;1-4(2,3)5;;;/h4-8H,2,9H2,1,3H3;5H,1-3H3;2*1H;/q2*-1;;;+2/p-2. The van der Waals surface area contributed by atoms with Crippen molar-refractivity contribution in [1.82, 2.24) is 0 Å². The molecule has 1 nitrogen and oxygen atoms in total. The number of rotatable bonds is 1. The van der Waals surface area contributed by atoms with E-state index in [2.05, 4.69) is 45.0 Å². The van der Waals surface area contributed by atoms with E-state index in [-0.39, 0.29) is 52.1 Å². The molecule has 0 aliphatic heterocycles. The van der Waals surface area contributed by atoms with Crippen molar-refractivity contribution in [2.45, 2.75) is 46.6 Å². The van der Waals surface area contributed by atoms with Crippen molar-refractivity contribution in [2.75, 3.05) is 0 Å². The molecule has 0 heterocycles. The van der Waals surface area contributed by atoms with Crippen LogP contribution >= 0.6 is 0 Å². The minimum absolute atomic E-state index is 0. The van der Waals surface area contributed by atoms with E-state index in [4.69, 9.17) is 5.73 Å². The van der Waals surface area contributed by atoms with Crippen LogP contribution in [0.1, 0.15) is 52.2 Å². The Balaban J connectivity index is -0.000000401. The zero-order chi connectivity index (χ0) is 14.6. The van der Waals surface area contributed by atoms with E-state index in [0.717, 1.165) is 12.0 Å². The summed E-state index contributed by atoms with van der Waals surface area (Å²) in [7, 11) is 0. The number of benzene rings is 1. The van der Waals surface area contributed by atoms with Gasteiger partial charge in [-0.1, -0.05) is 49.6 Å². The van der Waals surface area contributed by atoms with Crippen LogP contribution in [0.2, 0.25) is 0 Å². The van der Waals surface area contributed by atoms with E-state index in [0.29, 0.717) is 0 Å². The Morgan fingerprint density at radius 1 is 1.05 bits per heavy atom. The first-order valence-corrected chi connectivity index (χ1v) is 6.72. The van der Waals surface area contributed by atoms with Gasteiger partial charge in [0.05, 0.1) is 0 Å². The van der Waals surface area contributed by atoms with Gasteiger partial charge in [-0.2, -0.15) is 18.6 Å². The zero-order valence-electron chi connectivity index (χ0n) is 14.1. The summed E-state index contributed by atoms with van der Waals surface area (Å²) in [6.45, 7) is 14.0. The van der Waals surface area contributed by atoms with Gasteiger partial charge in [-0.15, -0.1) is 23.2 Å². The fourth-order valence-electron chi connectivity index (χ4n) is 2.05. The summed E-state index contributed by atoms with van der Waals surface area (Å²) < 4.78 is 0. The third-order valence-corrected chi connectivity index (χ3v) is 2.74. The average molecular weight is 374 g/mol. The number of nitrogens with one attached hydrogen (secondary N) is 1. The fourth-order valence-corrected chi connectivity index (χ4v) is 2.05. The molecule has 0 spiro atoms. The minimum atomic E-state index is -0.250. The third-order valence-electron chi connectivity index (χ3n) is 2.74. The predicted octanol–water partition coefficient (Wildman–Crippen LogP) is -0.165. The summed E-state index contributed by atoms with van der Waals surface area (Å²) in [4.78, 5) is 0. The van der Waals surface area contributed by atoms with Crippen LogP contribution in [-0.4, -0.2) is 5.54 Å².